The second kappa shape index (κ2) is 6.59. The van der Waals surface area contributed by atoms with Crippen LogP contribution in [0.25, 0.3) is 0 Å². The molecular weight excluding hydrogens is 372 g/mol. The quantitative estimate of drug-likeness (QED) is 0.758. The summed E-state index contributed by atoms with van der Waals surface area (Å²) in [4.78, 5) is 24.7. The Hall–Kier alpha value is -1.82. The van der Waals surface area contributed by atoms with Crippen LogP contribution in [-0.4, -0.2) is 35.9 Å². The van der Waals surface area contributed by atoms with E-state index in [1.54, 1.807) is 6.26 Å². The van der Waals surface area contributed by atoms with Crippen molar-refractivity contribution in [3.8, 4) is 0 Å². The summed E-state index contributed by atoms with van der Waals surface area (Å²) < 4.78 is 16.7. The Bertz CT molecular complexity index is 825. The summed E-state index contributed by atoms with van der Waals surface area (Å²) in [6.07, 6.45) is 4.60. The van der Waals surface area contributed by atoms with E-state index >= 15 is 0 Å². The standard InChI is InChI=1S/C23H32O6/c1-13(24)29-18-7-9-21(2,3)23(26)10-6-14-16(22(18,23)4)12-17-15(8-11-28-17)19(14)20(25)27-5/h8,11,14,16,18-19,26H,6-7,9-10,12H2,1-5H3/t14-,16-,18-,19-,22-,23+/m0/s1. The molecular formula is C23H32O6. The maximum atomic E-state index is 12.8. The summed E-state index contributed by atoms with van der Waals surface area (Å²) in [5.74, 6) is -0.304. The van der Waals surface area contributed by atoms with Crippen molar-refractivity contribution in [1.82, 2.24) is 0 Å². The fraction of sp³-hybridized carbons (Fsp3) is 0.739. The van der Waals surface area contributed by atoms with Crippen LogP contribution in [0, 0.1) is 22.7 Å². The third-order valence-electron chi connectivity index (χ3n) is 8.55. The Balaban J connectivity index is 1.86. The Morgan fingerprint density at radius 2 is 1.93 bits per heavy atom. The molecule has 0 saturated heterocycles. The summed E-state index contributed by atoms with van der Waals surface area (Å²) >= 11 is 0. The van der Waals surface area contributed by atoms with Gasteiger partial charge in [0.15, 0.2) is 0 Å². The summed E-state index contributed by atoms with van der Waals surface area (Å²) in [5, 5.41) is 12.1. The Morgan fingerprint density at radius 3 is 2.59 bits per heavy atom. The number of carbonyl (C=O) groups is 2. The average molecular weight is 405 g/mol. The van der Waals surface area contributed by atoms with Crippen molar-refractivity contribution < 1.29 is 28.6 Å². The zero-order valence-corrected chi connectivity index (χ0v) is 18.0. The van der Waals surface area contributed by atoms with E-state index in [0.29, 0.717) is 19.3 Å². The molecule has 6 atom stereocenters. The molecule has 2 saturated carbocycles. The third-order valence-corrected chi connectivity index (χ3v) is 8.55. The van der Waals surface area contributed by atoms with Crippen molar-refractivity contribution in [3.05, 3.63) is 23.7 Å². The van der Waals surface area contributed by atoms with E-state index in [-0.39, 0.29) is 29.2 Å². The first-order valence-corrected chi connectivity index (χ1v) is 10.6. The number of fused-ring (bicyclic) bond motifs is 4. The Morgan fingerprint density at radius 1 is 1.21 bits per heavy atom. The molecule has 0 radical (unpaired) electrons. The number of methoxy groups -OCH3 is 1. The summed E-state index contributed by atoms with van der Waals surface area (Å²) in [7, 11) is 1.41. The maximum absolute atomic E-state index is 12.8. The molecule has 0 aliphatic heterocycles. The molecule has 1 N–H and O–H groups in total. The Kier molecular flexibility index (Phi) is 4.65. The first kappa shape index (κ1) is 20.5. The van der Waals surface area contributed by atoms with Gasteiger partial charge in [-0.25, -0.2) is 0 Å². The summed E-state index contributed by atoms with van der Waals surface area (Å²) in [5.41, 5.74) is -1.14. The van der Waals surface area contributed by atoms with Crippen LogP contribution in [0.5, 0.6) is 0 Å². The normalized spacial score (nSPS) is 40.2. The first-order chi connectivity index (χ1) is 13.6. The molecule has 0 amide bonds. The van der Waals surface area contributed by atoms with Gasteiger partial charge in [-0.05, 0) is 49.0 Å². The molecule has 0 aromatic carbocycles. The van der Waals surface area contributed by atoms with Crippen LogP contribution in [0.4, 0.5) is 0 Å². The third kappa shape index (κ3) is 2.64. The largest absolute Gasteiger partial charge is 0.469 e. The lowest BCUT2D eigenvalue weighted by molar-refractivity contribution is -0.280. The molecule has 1 aromatic rings. The molecule has 6 heteroatoms. The molecule has 0 spiro atoms. The van der Waals surface area contributed by atoms with E-state index < -0.39 is 23.0 Å². The van der Waals surface area contributed by atoms with E-state index in [1.807, 2.05) is 6.07 Å². The molecule has 3 aliphatic carbocycles. The molecule has 3 aliphatic rings. The van der Waals surface area contributed by atoms with Gasteiger partial charge in [-0.1, -0.05) is 20.8 Å². The number of aliphatic hydroxyl groups is 1. The van der Waals surface area contributed by atoms with Gasteiger partial charge < -0.3 is 19.0 Å². The number of hydrogen-bond donors (Lipinski definition) is 1. The number of rotatable bonds is 2. The average Bonchev–Trinajstić information content (AvgIpc) is 3.13. The van der Waals surface area contributed by atoms with Crippen LogP contribution >= 0.6 is 0 Å². The maximum Gasteiger partial charge on any atom is 0.313 e. The van der Waals surface area contributed by atoms with Crippen molar-refractivity contribution in [3.63, 3.8) is 0 Å². The molecule has 1 aromatic heterocycles. The lowest BCUT2D eigenvalue weighted by Crippen LogP contribution is -2.71. The van der Waals surface area contributed by atoms with Crippen molar-refractivity contribution in [2.75, 3.05) is 7.11 Å². The highest BCUT2D eigenvalue weighted by Gasteiger charge is 2.70. The smallest absolute Gasteiger partial charge is 0.313 e. The molecule has 160 valence electrons. The predicted molar refractivity (Wildman–Crippen MR) is 105 cm³/mol. The predicted octanol–water partition coefficient (Wildman–Crippen LogP) is 3.61. The fourth-order valence-electron chi connectivity index (χ4n) is 6.97. The lowest BCUT2D eigenvalue weighted by Gasteiger charge is -2.67. The van der Waals surface area contributed by atoms with Crippen molar-refractivity contribution in [2.24, 2.45) is 22.7 Å². The van der Waals surface area contributed by atoms with Gasteiger partial charge in [0.1, 0.15) is 11.9 Å². The Labute approximate surface area is 171 Å². The number of ether oxygens (including phenoxy) is 2. The van der Waals surface area contributed by atoms with Gasteiger partial charge in [0.05, 0.1) is 24.9 Å². The highest BCUT2D eigenvalue weighted by atomic mass is 16.5. The zero-order valence-electron chi connectivity index (χ0n) is 18.0. The van der Waals surface area contributed by atoms with Crippen LogP contribution < -0.4 is 0 Å². The van der Waals surface area contributed by atoms with Crippen LogP contribution in [0.2, 0.25) is 0 Å². The monoisotopic (exact) mass is 404 g/mol. The number of carbonyl (C=O) groups excluding carboxylic acids is 2. The van der Waals surface area contributed by atoms with Gasteiger partial charge in [-0.2, -0.15) is 0 Å². The van der Waals surface area contributed by atoms with Crippen LogP contribution in [0.3, 0.4) is 0 Å². The number of hydrogen-bond acceptors (Lipinski definition) is 6. The van der Waals surface area contributed by atoms with Gasteiger partial charge in [0.2, 0.25) is 0 Å². The molecule has 0 unspecified atom stereocenters. The van der Waals surface area contributed by atoms with Gasteiger partial charge in [0.25, 0.3) is 0 Å². The highest BCUT2D eigenvalue weighted by Crippen LogP contribution is 2.67. The first-order valence-electron chi connectivity index (χ1n) is 10.6. The van der Waals surface area contributed by atoms with Crippen LogP contribution in [0.15, 0.2) is 16.7 Å². The topological polar surface area (TPSA) is 86.0 Å². The van der Waals surface area contributed by atoms with E-state index in [4.69, 9.17) is 13.9 Å². The number of esters is 2. The van der Waals surface area contributed by atoms with E-state index in [2.05, 4.69) is 20.8 Å². The molecule has 29 heavy (non-hydrogen) atoms. The SMILES string of the molecule is COC(=O)[C@@H]1c2ccoc2C[C@H]2[C@@H]1CC[C@@]1(O)C(C)(C)CC[C@H](OC(C)=O)[C@]21C. The highest BCUT2D eigenvalue weighted by molar-refractivity contribution is 5.79. The van der Waals surface area contributed by atoms with E-state index in [1.165, 1.54) is 14.0 Å². The number of furan rings is 1. The summed E-state index contributed by atoms with van der Waals surface area (Å²) in [6.45, 7) is 7.69. The van der Waals surface area contributed by atoms with Crippen LogP contribution in [0.1, 0.15) is 70.6 Å². The lowest BCUT2D eigenvalue weighted by atomic mass is 9.40. The van der Waals surface area contributed by atoms with E-state index in [9.17, 15) is 14.7 Å². The molecule has 6 nitrogen and oxygen atoms in total. The van der Waals surface area contributed by atoms with Crippen molar-refractivity contribution in [1.29, 1.82) is 0 Å². The van der Waals surface area contributed by atoms with Gasteiger partial charge in [0, 0.05) is 24.3 Å². The minimum atomic E-state index is -1.01. The van der Waals surface area contributed by atoms with Crippen molar-refractivity contribution >= 4 is 11.9 Å². The second-order valence-corrected chi connectivity index (χ2v) is 9.98. The van der Waals surface area contributed by atoms with Gasteiger partial charge in [-0.15, -0.1) is 0 Å². The van der Waals surface area contributed by atoms with Gasteiger partial charge in [-0.3, -0.25) is 9.59 Å². The summed E-state index contributed by atoms with van der Waals surface area (Å²) in [6, 6.07) is 1.87. The minimum absolute atomic E-state index is 0.00443. The fourth-order valence-corrected chi connectivity index (χ4v) is 6.97. The van der Waals surface area contributed by atoms with E-state index in [0.717, 1.165) is 24.2 Å². The van der Waals surface area contributed by atoms with Crippen molar-refractivity contribution in [2.45, 2.75) is 77.4 Å². The molecule has 1 heterocycles. The molecule has 4 rings (SSSR count). The molecule has 2 fully saturated rings. The zero-order chi connectivity index (χ0) is 21.2. The van der Waals surface area contributed by atoms with Gasteiger partial charge >= 0.3 is 11.9 Å². The second-order valence-electron chi connectivity index (χ2n) is 9.98. The molecule has 0 bridgehead atoms. The van der Waals surface area contributed by atoms with Crippen LogP contribution in [-0.2, 0) is 25.5 Å². The minimum Gasteiger partial charge on any atom is -0.469 e.